The van der Waals surface area contributed by atoms with Gasteiger partial charge in [-0.1, -0.05) is 143 Å². The molecule has 6 heterocycles. The monoisotopic (exact) mass is 1120 g/mol. The molecule has 0 aromatic carbocycles. The average molecular weight is 1120 g/mol. The van der Waals surface area contributed by atoms with Crippen LogP contribution < -0.4 is 0 Å². The molecule has 2 amide bonds. The Hall–Kier alpha value is -2.44. The molecule has 384 valence electrons. The third-order valence-electron chi connectivity index (χ3n) is 14.6. The van der Waals surface area contributed by atoms with Crippen LogP contribution in [0.4, 0.5) is 0 Å². The van der Waals surface area contributed by atoms with Gasteiger partial charge >= 0.3 is 307 Å². The molecule has 0 bridgehead atoms. The Morgan fingerprint density at radius 3 is 1.39 bits per heavy atom. The molecular weight excluding hydrogens is 1030 g/mol. The number of hydrogen-bond donors (Lipinski definition) is 0. The van der Waals surface area contributed by atoms with Crippen LogP contribution in [0.2, 0.25) is 0 Å². The SMILES string of the molecule is CCCCCCCCCCCCC(CCCCCCCCCC)CN1C(=O)C2=C(c3ccc(C)s3)N(CCCCCCCCCCCC)C(=O)C2=C1c1ccc(-c2ccc(/C=C/c3ccc(C)[se]3)[se]2)s1. The van der Waals surface area contributed by atoms with Gasteiger partial charge in [0.2, 0.25) is 0 Å². The van der Waals surface area contributed by atoms with Crippen LogP contribution in [0.1, 0.15) is 241 Å². The Bertz CT molecular complexity index is 2250. The average Bonchev–Trinajstić information content (AvgIpc) is 4.24. The summed E-state index contributed by atoms with van der Waals surface area (Å²) in [6.07, 6.45) is 43.3. The van der Waals surface area contributed by atoms with Crippen molar-refractivity contribution in [2.45, 2.75) is 227 Å². The van der Waals surface area contributed by atoms with E-state index in [1.807, 2.05) is 4.90 Å². The summed E-state index contributed by atoms with van der Waals surface area (Å²) in [5, 5.41) is 0. The summed E-state index contributed by atoms with van der Waals surface area (Å²) < 4.78 is 5.69. The number of aryl methyl sites for hydroxylation is 2. The molecule has 2 aliphatic rings. The predicted octanol–water partition coefficient (Wildman–Crippen LogP) is 18.6. The van der Waals surface area contributed by atoms with Gasteiger partial charge < -0.3 is 0 Å². The number of carbonyl (C=O) groups excluding carboxylic acids is 2. The van der Waals surface area contributed by atoms with E-state index in [2.05, 4.69) is 100 Å². The molecule has 0 aliphatic carbocycles. The van der Waals surface area contributed by atoms with Crippen LogP contribution in [0.3, 0.4) is 0 Å². The van der Waals surface area contributed by atoms with Gasteiger partial charge in [-0.05, 0) is 0 Å². The Labute approximate surface area is 446 Å². The number of fused-ring (bicyclic) bond motifs is 1. The molecule has 0 N–H and O–H groups in total. The number of carbonyl (C=O) groups is 2. The Kier molecular flexibility index (Phi) is 26.0. The molecular formula is C62H90N2O2S2Se2. The fraction of sp³-hybridized carbons (Fsp3) is 0.613. The van der Waals surface area contributed by atoms with Gasteiger partial charge in [-0.15, -0.1) is 0 Å². The number of nitrogens with zero attached hydrogens (tertiary/aromatic N) is 2. The second-order valence-corrected chi connectivity index (χ2v) is 28.1. The van der Waals surface area contributed by atoms with Gasteiger partial charge in [0.25, 0.3) is 0 Å². The van der Waals surface area contributed by atoms with Crippen molar-refractivity contribution < 1.29 is 9.59 Å². The van der Waals surface area contributed by atoms with E-state index >= 15 is 9.59 Å². The van der Waals surface area contributed by atoms with Crippen LogP contribution in [-0.4, -0.2) is 63.7 Å². The molecule has 4 aromatic heterocycles. The van der Waals surface area contributed by atoms with Gasteiger partial charge in [-0.3, -0.25) is 0 Å². The van der Waals surface area contributed by atoms with Crippen LogP contribution in [0.15, 0.2) is 59.7 Å². The van der Waals surface area contributed by atoms with Crippen LogP contribution in [0.5, 0.6) is 0 Å². The first-order chi connectivity index (χ1) is 34.3. The zero-order valence-electron chi connectivity index (χ0n) is 44.3. The normalized spacial score (nSPS) is 14.5. The topological polar surface area (TPSA) is 40.6 Å². The maximum atomic E-state index is 15.5. The zero-order valence-corrected chi connectivity index (χ0v) is 49.4. The van der Waals surface area contributed by atoms with Crippen molar-refractivity contribution in [1.29, 1.82) is 0 Å². The third kappa shape index (κ3) is 17.6. The van der Waals surface area contributed by atoms with E-state index in [4.69, 9.17) is 0 Å². The van der Waals surface area contributed by atoms with Crippen molar-refractivity contribution in [2.75, 3.05) is 13.1 Å². The van der Waals surface area contributed by atoms with Crippen molar-refractivity contribution in [2.24, 2.45) is 5.92 Å². The quantitative estimate of drug-likeness (QED) is 0.0331. The van der Waals surface area contributed by atoms with Gasteiger partial charge in [0.15, 0.2) is 0 Å². The molecule has 0 saturated carbocycles. The van der Waals surface area contributed by atoms with E-state index in [0.29, 0.717) is 44.7 Å². The van der Waals surface area contributed by atoms with E-state index in [1.165, 1.54) is 194 Å². The van der Waals surface area contributed by atoms with Crippen LogP contribution >= 0.6 is 22.7 Å². The van der Waals surface area contributed by atoms with Crippen LogP contribution in [0, 0.1) is 19.8 Å². The molecule has 70 heavy (non-hydrogen) atoms. The van der Waals surface area contributed by atoms with E-state index in [-0.39, 0.29) is 26.3 Å². The van der Waals surface area contributed by atoms with Gasteiger partial charge in [0, 0.05) is 0 Å². The second-order valence-electron chi connectivity index (χ2n) is 20.7. The number of hydrogen-bond acceptors (Lipinski definition) is 4. The van der Waals surface area contributed by atoms with E-state index in [1.54, 1.807) is 22.7 Å². The molecule has 4 aromatic rings. The van der Waals surface area contributed by atoms with Gasteiger partial charge in [0.05, 0.1) is 0 Å². The second kappa shape index (κ2) is 32.0. The summed E-state index contributed by atoms with van der Waals surface area (Å²) in [6, 6.07) is 18.0. The van der Waals surface area contributed by atoms with Crippen molar-refractivity contribution in [3.8, 4) is 9.31 Å². The van der Waals surface area contributed by atoms with E-state index in [9.17, 15) is 0 Å². The molecule has 6 rings (SSSR count). The minimum atomic E-state index is 0.0352. The molecule has 1 atom stereocenters. The third-order valence-corrected chi connectivity index (χ3v) is 21.4. The standard InChI is InChI=1S/C62H90N2O2S2Se2/c1-6-9-12-15-18-21-23-26-29-32-35-50(34-31-28-25-20-17-14-11-8-3)47-64-60(55-44-43-53(68-55)56-45-41-52(70-56)40-39-51-38-37-49(5)69-51)58-57(62(64)66)59(54-42-36-48(4)67-54)63(61(58)65)46-33-30-27-24-22-19-16-13-10-7-2/h36-45,50H,6-35,46-47H2,1-5H3/b40-39+. The summed E-state index contributed by atoms with van der Waals surface area (Å²) in [7, 11) is 0. The van der Waals surface area contributed by atoms with Crippen molar-refractivity contribution >= 4 is 87.0 Å². The first-order valence-corrected chi connectivity index (χ1v) is 33.5. The molecule has 1 unspecified atom stereocenters. The molecule has 2 aliphatic heterocycles. The summed E-state index contributed by atoms with van der Waals surface area (Å²) in [6.45, 7) is 12.6. The first kappa shape index (κ1) is 56.8. The summed E-state index contributed by atoms with van der Waals surface area (Å²) in [5.74, 6) is 0.496. The van der Waals surface area contributed by atoms with Crippen molar-refractivity contribution in [3.63, 3.8) is 0 Å². The zero-order chi connectivity index (χ0) is 49.3. The summed E-state index contributed by atoms with van der Waals surface area (Å²) in [4.78, 5) is 39.5. The number of amides is 2. The molecule has 0 spiro atoms. The molecule has 8 heteroatoms. The van der Waals surface area contributed by atoms with Crippen LogP contribution in [-0.2, 0) is 9.59 Å². The van der Waals surface area contributed by atoms with Crippen molar-refractivity contribution in [3.05, 3.63) is 87.6 Å². The summed E-state index contributed by atoms with van der Waals surface area (Å²) >= 11 is 4.17. The Morgan fingerprint density at radius 2 is 0.886 bits per heavy atom. The number of thiophene rings is 2. The van der Waals surface area contributed by atoms with E-state index < -0.39 is 0 Å². The Morgan fingerprint density at radius 1 is 0.457 bits per heavy atom. The fourth-order valence-electron chi connectivity index (χ4n) is 10.6. The Balaban J connectivity index is 1.25. The predicted molar refractivity (Wildman–Crippen MR) is 309 cm³/mol. The number of rotatable bonds is 38. The molecule has 0 saturated heterocycles. The van der Waals surface area contributed by atoms with Crippen molar-refractivity contribution in [1.82, 2.24) is 9.80 Å². The maximum absolute atomic E-state index is 15.5. The minimum absolute atomic E-state index is 0.0352. The fourth-order valence-corrected chi connectivity index (χ4v) is 16.3. The van der Waals surface area contributed by atoms with Crippen LogP contribution in [0.25, 0.3) is 32.9 Å². The van der Waals surface area contributed by atoms with E-state index in [0.717, 1.165) is 46.8 Å². The number of unbranched alkanes of at least 4 members (excludes halogenated alkanes) is 25. The van der Waals surface area contributed by atoms with Gasteiger partial charge in [-0.25, -0.2) is 0 Å². The summed E-state index contributed by atoms with van der Waals surface area (Å²) in [5.41, 5.74) is 3.09. The molecule has 0 fully saturated rings. The molecule has 4 nitrogen and oxygen atoms in total. The molecule has 0 radical (unpaired) electrons. The first-order valence-electron chi connectivity index (χ1n) is 28.5. The van der Waals surface area contributed by atoms with Gasteiger partial charge in [0.1, 0.15) is 0 Å². The van der Waals surface area contributed by atoms with Gasteiger partial charge in [-0.2, -0.15) is 0 Å².